The number of anilines is 1. The molecule has 2 aromatic rings. The van der Waals surface area contributed by atoms with E-state index in [-0.39, 0.29) is 5.91 Å². The van der Waals surface area contributed by atoms with Gasteiger partial charge < -0.3 is 10.4 Å². The highest BCUT2D eigenvalue weighted by atomic mass is 16.4. The standard InChI is InChI=1S/C14H13N3O3/c1-9-12(8-15-17-9)14(20)16-11-4-2-3-10(7-11)5-6-13(18)19/h2-8H,1H3,(H,15,17)(H,16,20)(H,18,19). The van der Waals surface area contributed by atoms with E-state index in [1.54, 1.807) is 31.2 Å². The maximum atomic E-state index is 12.0. The number of hydrogen-bond donors (Lipinski definition) is 3. The lowest BCUT2D eigenvalue weighted by Crippen LogP contribution is -2.12. The first-order chi connectivity index (χ1) is 9.56. The lowest BCUT2D eigenvalue weighted by Gasteiger charge is -2.05. The third-order valence-corrected chi connectivity index (χ3v) is 2.64. The van der Waals surface area contributed by atoms with Gasteiger partial charge in [-0.3, -0.25) is 9.89 Å². The van der Waals surface area contributed by atoms with Crippen molar-refractivity contribution in [2.45, 2.75) is 6.92 Å². The molecular formula is C14H13N3O3. The van der Waals surface area contributed by atoms with Crippen LogP contribution in [0.15, 0.2) is 36.5 Å². The molecule has 6 heteroatoms. The van der Waals surface area contributed by atoms with Gasteiger partial charge in [0.05, 0.1) is 11.8 Å². The van der Waals surface area contributed by atoms with Crippen molar-refractivity contribution in [2.24, 2.45) is 0 Å². The van der Waals surface area contributed by atoms with Gasteiger partial charge in [0.1, 0.15) is 0 Å². The van der Waals surface area contributed by atoms with Crippen LogP contribution in [0.5, 0.6) is 0 Å². The Kier molecular flexibility index (Phi) is 3.95. The Balaban J connectivity index is 2.14. The molecule has 20 heavy (non-hydrogen) atoms. The summed E-state index contributed by atoms with van der Waals surface area (Å²) < 4.78 is 0. The second-order valence-electron chi connectivity index (χ2n) is 4.16. The maximum Gasteiger partial charge on any atom is 0.328 e. The van der Waals surface area contributed by atoms with Gasteiger partial charge in [-0.05, 0) is 30.7 Å². The largest absolute Gasteiger partial charge is 0.478 e. The van der Waals surface area contributed by atoms with Crippen LogP contribution in [0.4, 0.5) is 5.69 Å². The van der Waals surface area contributed by atoms with E-state index in [4.69, 9.17) is 5.11 Å². The van der Waals surface area contributed by atoms with Crippen LogP contribution in [0.1, 0.15) is 21.6 Å². The average molecular weight is 271 g/mol. The van der Waals surface area contributed by atoms with E-state index in [0.29, 0.717) is 22.5 Å². The van der Waals surface area contributed by atoms with Crippen molar-refractivity contribution in [3.05, 3.63) is 53.4 Å². The van der Waals surface area contributed by atoms with Gasteiger partial charge in [0.15, 0.2) is 0 Å². The number of amides is 1. The van der Waals surface area contributed by atoms with Crippen molar-refractivity contribution in [3.8, 4) is 0 Å². The van der Waals surface area contributed by atoms with E-state index in [9.17, 15) is 9.59 Å². The predicted molar refractivity (Wildman–Crippen MR) is 74.4 cm³/mol. The van der Waals surface area contributed by atoms with Gasteiger partial charge in [-0.15, -0.1) is 0 Å². The number of carbonyl (C=O) groups is 2. The third-order valence-electron chi connectivity index (χ3n) is 2.64. The molecule has 6 nitrogen and oxygen atoms in total. The number of aromatic nitrogens is 2. The van der Waals surface area contributed by atoms with Crippen molar-refractivity contribution in [2.75, 3.05) is 5.32 Å². The molecular weight excluding hydrogens is 258 g/mol. The summed E-state index contributed by atoms with van der Waals surface area (Å²) >= 11 is 0. The second-order valence-corrected chi connectivity index (χ2v) is 4.16. The molecule has 0 aliphatic heterocycles. The van der Waals surface area contributed by atoms with Crippen LogP contribution in [0.25, 0.3) is 6.08 Å². The molecule has 0 spiro atoms. The van der Waals surface area contributed by atoms with Crippen LogP contribution in [0, 0.1) is 6.92 Å². The molecule has 2 rings (SSSR count). The number of benzene rings is 1. The Labute approximate surface area is 115 Å². The van der Waals surface area contributed by atoms with Crippen LogP contribution in [-0.4, -0.2) is 27.2 Å². The molecule has 0 aliphatic carbocycles. The molecule has 0 atom stereocenters. The number of nitrogens with one attached hydrogen (secondary N) is 2. The predicted octanol–water partition coefficient (Wildman–Crippen LogP) is 2.07. The summed E-state index contributed by atoms with van der Waals surface area (Å²) in [6.45, 7) is 1.76. The van der Waals surface area contributed by atoms with E-state index in [0.717, 1.165) is 6.08 Å². The normalized spacial score (nSPS) is 10.7. The van der Waals surface area contributed by atoms with Crippen LogP contribution in [0.2, 0.25) is 0 Å². The first kappa shape index (κ1) is 13.5. The monoisotopic (exact) mass is 271 g/mol. The van der Waals surface area contributed by atoms with Crippen molar-refractivity contribution in [3.63, 3.8) is 0 Å². The van der Waals surface area contributed by atoms with Gasteiger partial charge in [0, 0.05) is 17.5 Å². The van der Waals surface area contributed by atoms with Crippen molar-refractivity contribution in [1.29, 1.82) is 0 Å². The number of aliphatic carboxylic acids is 1. The van der Waals surface area contributed by atoms with Gasteiger partial charge in [-0.25, -0.2) is 4.79 Å². The minimum absolute atomic E-state index is 0.268. The molecule has 0 saturated heterocycles. The lowest BCUT2D eigenvalue weighted by atomic mass is 10.1. The Hall–Kier alpha value is -2.89. The molecule has 102 valence electrons. The number of rotatable bonds is 4. The number of aromatic amines is 1. The summed E-state index contributed by atoms with van der Waals surface area (Å²) in [6, 6.07) is 6.90. The first-order valence-corrected chi connectivity index (χ1v) is 5.88. The molecule has 0 radical (unpaired) electrons. The molecule has 0 unspecified atom stereocenters. The lowest BCUT2D eigenvalue weighted by molar-refractivity contribution is -0.131. The zero-order valence-electron chi connectivity index (χ0n) is 10.8. The molecule has 3 N–H and O–H groups in total. The molecule has 1 amide bonds. The summed E-state index contributed by atoms with van der Waals surface area (Å²) in [7, 11) is 0. The summed E-state index contributed by atoms with van der Waals surface area (Å²) in [5.74, 6) is -1.29. The van der Waals surface area contributed by atoms with Gasteiger partial charge in [-0.1, -0.05) is 12.1 Å². The van der Waals surface area contributed by atoms with Crippen molar-refractivity contribution >= 4 is 23.6 Å². The summed E-state index contributed by atoms with van der Waals surface area (Å²) in [6.07, 6.45) is 3.96. The SMILES string of the molecule is Cc1[nH]ncc1C(=O)Nc1cccc(C=CC(=O)O)c1. The smallest absolute Gasteiger partial charge is 0.328 e. The molecule has 1 aromatic heterocycles. The number of carboxylic acid groups (broad SMARTS) is 1. The fourth-order valence-corrected chi connectivity index (χ4v) is 1.67. The van der Waals surface area contributed by atoms with E-state index >= 15 is 0 Å². The zero-order chi connectivity index (χ0) is 14.5. The highest BCUT2D eigenvalue weighted by Gasteiger charge is 2.10. The van der Waals surface area contributed by atoms with E-state index in [1.165, 1.54) is 12.3 Å². The number of carboxylic acids is 1. The van der Waals surface area contributed by atoms with Crippen LogP contribution in [-0.2, 0) is 4.79 Å². The molecule has 0 fully saturated rings. The van der Waals surface area contributed by atoms with Gasteiger partial charge in [0.2, 0.25) is 0 Å². The minimum atomic E-state index is -1.02. The fourth-order valence-electron chi connectivity index (χ4n) is 1.67. The van der Waals surface area contributed by atoms with Crippen molar-refractivity contribution < 1.29 is 14.7 Å². The topological polar surface area (TPSA) is 95.1 Å². The third kappa shape index (κ3) is 3.32. The minimum Gasteiger partial charge on any atom is -0.478 e. The molecule has 1 aromatic carbocycles. The van der Waals surface area contributed by atoms with Gasteiger partial charge >= 0.3 is 5.97 Å². The number of nitrogens with zero attached hydrogens (tertiary/aromatic N) is 1. The molecule has 1 heterocycles. The van der Waals surface area contributed by atoms with E-state index in [2.05, 4.69) is 15.5 Å². The van der Waals surface area contributed by atoms with Crippen LogP contribution in [0.3, 0.4) is 0 Å². The highest BCUT2D eigenvalue weighted by Crippen LogP contribution is 2.14. The maximum absolute atomic E-state index is 12.0. The van der Waals surface area contributed by atoms with Gasteiger partial charge in [0.25, 0.3) is 5.91 Å². The Morgan fingerprint density at radius 1 is 1.40 bits per heavy atom. The summed E-state index contributed by atoms with van der Waals surface area (Å²) in [5, 5.41) is 17.8. The fraction of sp³-hybridized carbons (Fsp3) is 0.0714. The molecule has 0 aliphatic rings. The first-order valence-electron chi connectivity index (χ1n) is 5.88. The number of hydrogen-bond acceptors (Lipinski definition) is 3. The number of carbonyl (C=O) groups excluding carboxylic acids is 1. The van der Waals surface area contributed by atoms with Crippen molar-refractivity contribution in [1.82, 2.24) is 10.2 Å². The quantitative estimate of drug-likeness (QED) is 0.742. The Morgan fingerprint density at radius 3 is 2.85 bits per heavy atom. The van der Waals surface area contributed by atoms with Gasteiger partial charge in [-0.2, -0.15) is 5.10 Å². The van der Waals surface area contributed by atoms with Crippen LogP contribution >= 0.6 is 0 Å². The zero-order valence-corrected chi connectivity index (χ0v) is 10.8. The molecule has 0 bridgehead atoms. The molecule has 0 saturated carbocycles. The average Bonchev–Trinajstić information content (AvgIpc) is 2.83. The second kappa shape index (κ2) is 5.83. The highest BCUT2D eigenvalue weighted by molar-refractivity contribution is 6.05. The Bertz CT molecular complexity index is 674. The van der Waals surface area contributed by atoms with Crippen LogP contribution < -0.4 is 5.32 Å². The van der Waals surface area contributed by atoms with E-state index in [1.807, 2.05) is 0 Å². The number of aryl methyl sites for hydroxylation is 1. The number of H-pyrrole nitrogens is 1. The summed E-state index contributed by atoms with van der Waals surface area (Å²) in [5.41, 5.74) is 2.43. The Morgan fingerprint density at radius 2 is 2.20 bits per heavy atom. The summed E-state index contributed by atoms with van der Waals surface area (Å²) in [4.78, 5) is 22.5. The van der Waals surface area contributed by atoms with E-state index < -0.39 is 5.97 Å².